The highest BCUT2D eigenvalue weighted by molar-refractivity contribution is 7.92. The van der Waals surface area contributed by atoms with Crippen LogP contribution in [0.15, 0.2) is 48.5 Å². The van der Waals surface area contributed by atoms with E-state index in [-0.39, 0.29) is 12.6 Å². The zero-order valence-corrected chi connectivity index (χ0v) is 16.2. The maximum absolute atomic E-state index is 12.5. The number of ether oxygens (including phenoxy) is 1. The van der Waals surface area contributed by atoms with Gasteiger partial charge in [-0.2, -0.15) is 0 Å². The number of anilines is 1. The quantitative estimate of drug-likeness (QED) is 0.806. The summed E-state index contributed by atoms with van der Waals surface area (Å²) in [6.45, 7) is 3.35. The molecule has 140 valence electrons. The lowest BCUT2D eigenvalue weighted by atomic mass is 10.1. The Hall–Kier alpha value is -2.54. The number of methoxy groups -OCH3 is 1. The van der Waals surface area contributed by atoms with E-state index in [1.54, 1.807) is 19.2 Å². The topological polar surface area (TPSA) is 75.7 Å². The van der Waals surface area contributed by atoms with E-state index in [1.807, 2.05) is 50.2 Å². The molecule has 1 N–H and O–H groups in total. The van der Waals surface area contributed by atoms with E-state index in [4.69, 9.17) is 4.74 Å². The highest BCUT2D eigenvalue weighted by Gasteiger charge is 2.23. The van der Waals surface area contributed by atoms with Crippen molar-refractivity contribution >= 4 is 21.6 Å². The summed E-state index contributed by atoms with van der Waals surface area (Å²) in [5, 5.41) is 2.84. The molecule has 6 nitrogen and oxygen atoms in total. The van der Waals surface area contributed by atoms with Crippen molar-refractivity contribution in [2.24, 2.45) is 0 Å². The van der Waals surface area contributed by atoms with Crippen LogP contribution >= 0.6 is 0 Å². The Morgan fingerprint density at radius 1 is 1.15 bits per heavy atom. The molecular formula is C19H24N2O4S. The highest BCUT2D eigenvalue weighted by Crippen LogP contribution is 2.25. The molecule has 0 aromatic heterocycles. The molecule has 0 radical (unpaired) electrons. The summed E-state index contributed by atoms with van der Waals surface area (Å²) >= 11 is 0. The molecule has 1 atom stereocenters. The number of hydrogen-bond donors (Lipinski definition) is 1. The second-order valence-electron chi connectivity index (χ2n) is 6.09. The predicted molar refractivity (Wildman–Crippen MR) is 103 cm³/mol. The van der Waals surface area contributed by atoms with Gasteiger partial charge in [0.1, 0.15) is 12.3 Å². The van der Waals surface area contributed by atoms with Crippen LogP contribution in [0.5, 0.6) is 5.75 Å². The molecule has 26 heavy (non-hydrogen) atoms. The SMILES string of the molecule is COc1ccccc1[C@@H](C)NC(=O)CN(c1ccccc1C)S(C)(=O)=O. The number of rotatable bonds is 7. The molecule has 0 unspecified atom stereocenters. The van der Waals surface area contributed by atoms with Crippen LogP contribution in [0.25, 0.3) is 0 Å². The third-order valence-corrected chi connectivity index (χ3v) is 5.18. The van der Waals surface area contributed by atoms with E-state index in [2.05, 4.69) is 5.32 Å². The molecule has 2 aromatic rings. The lowest BCUT2D eigenvalue weighted by Crippen LogP contribution is -2.41. The Balaban J connectivity index is 2.19. The third-order valence-electron chi connectivity index (χ3n) is 4.05. The van der Waals surface area contributed by atoms with Gasteiger partial charge in [0.05, 0.1) is 25.1 Å². The number of carbonyl (C=O) groups is 1. The number of sulfonamides is 1. The first kappa shape index (κ1) is 19.8. The highest BCUT2D eigenvalue weighted by atomic mass is 32.2. The van der Waals surface area contributed by atoms with Gasteiger partial charge in [-0.25, -0.2) is 8.42 Å². The van der Waals surface area contributed by atoms with Gasteiger partial charge in [0.2, 0.25) is 15.9 Å². The number of benzene rings is 2. The van der Waals surface area contributed by atoms with Crippen molar-refractivity contribution in [1.29, 1.82) is 0 Å². The molecule has 0 aliphatic heterocycles. The summed E-state index contributed by atoms with van der Waals surface area (Å²) < 4.78 is 30.8. The first-order valence-corrected chi connectivity index (χ1v) is 10.0. The minimum Gasteiger partial charge on any atom is -0.496 e. The molecule has 2 rings (SSSR count). The molecule has 0 aliphatic carbocycles. The van der Waals surface area contributed by atoms with Crippen molar-refractivity contribution in [2.45, 2.75) is 19.9 Å². The Labute approximate surface area is 154 Å². The Morgan fingerprint density at radius 3 is 2.38 bits per heavy atom. The lowest BCUT2D eigenvalue weighted by molar-refractivity contribution is -0.120. The van der Waals surface area contributed by atoms with Crippen molar-refractivity contribution in [3.63, 3.8) is 0 Å². The predicted octanol–water partition coefficient (Wildman–Crippen LogP) is 2.65. The number of hydrogen-bond acceptors (Lipinski definition) is 4. The van der Waals surface area contributed by atoms with Crippen LogP contribution in [0.2, 0.25) is 0 Å². The maximum Gasteiger partial charge on any atom is 0.241 e. The molecule has 0 saturated carbocycles. The van der Waals surface area contributed by atoms with E-state index < -0.39 is 15.9 Å². The van der Waals surface area contributed by atoms with Gasteiger partial charge in [-0.05, 0) is 31.5 Å². The third kappa shape index (κ3) is 4.76. The van der Waals surface area contributed by atoms with Crippen LogP contribution in [0.1, 0.15) is 24.1 Å². The number of nitrogens with one attached hydrogen (secondary N) is 1. The van der Waals surface area contributed by atoms with Crippen molar-refractivity contribution in [2.75, 3.05) is 24.2 Å². The van der Waals surface area contributed by atoms with Crippen LogP contribution in [-0.4, -0.2) is 34.2 Å². The molecule has 0 aliphatic rings. The van der Waals surface area contributed by atoms with Gasteiger partial charge in [-0.1, -0.05) is 36.4 Å². The van der Waals surface area contributed by atoms with Crippen LogP contribution in [-0.2, 0) is 14.8 Å². The molecule has 0 bridgehead atoms. The molecule has 1 amide bonds. The van der Waals surface area contributed by atoms with E-state index >= 15 is 0 Å². The van der Waals surface area contributed by atoms with E-state index in [9.17, 15) is 13.2 Å². The fourth-order valence-corrected chi connectivity index (χ4v) is 3.66. The number of aryl methyl sites for hydroxylation is 1. The largest absolute Gasteiger partial charge is 0.496 e. The van der Waals surface area contributed by atoms with Gasteiger partial charge in [0.15, 0.2) is 0 Å². The standard InChI is InChI=1S/C19H24N2O4S/c1-14-9-5-7-11-17(14)21(26(4,23)24)13-19(22)20-15(2)16-10-6-8-12-18(16)25-3/h5-12,15H,13H2,1-4H3,(H,20,22)/t15-/m1/s1. The number of nitrogens with zero attached hydrogens (tertiary/aromatic N) is 1. The van der Waals surface area contributed by atoms with Crippen LogP contribution < -0.4 is 14.4 Å². The van der Waals surface area contributed by atoms with Gasteiger partial charge in [-0.3, -0.25) is 9.10 Å². The second kappa shape index (κ2) is 8.23. The first-order chi connectivity index (χ1) is 12.2. The fraction of sp³-hybridized carbons (Fsp3) is 0.316. The lowest BCUT2D eigenvalue weighted by Gasteiger charge is -2.25. The number of amides is 1. The number of carbonyl (C=O) groups excluding carboxylic acids is 1. The second-order valence-corrected chi connectivity index (χ2v) is 7.99. The summed E-state index contributed by atoms with van der Waals surface area (Å²) in [5.74, 6) is 0.274. The van der Waals surface area contributed by atoms with Crippen LogP contribution in [0, 0.1) is 6.92 Å². The molecular weight excluding hydrogens is 352 g/mol. The summed E-state index contributed by atoms with van der Waals surface area (Å²) in [5.41, 5.74) is 2.10. The van der Waals surface area contributed by atoms with Crippen molar-refractivity contribution < 1.29 is 17.9 Å². The van der Waals surface area contributed by atoms with Gasteiger partial charge >= 0.3 is 0 Å². The minimum absolute atomic E-state index is 0.289. The average molecular weight is 376 g/mol. The smallest absolute Gasteiger partial charge is 0.241 e. The molecule has 0 fully saturated rings. The van der Waals surface area contributed by atoms with Crippen LogP contribution in [0.4, 0.5) is 5.69 Å². The summed E-state index contributed by atoms with van der Waals surface area (Å²) in [6.07, 6.45) is 1.09. The molecule has 0 heterocycles. The normalized spacial score (nSPS) is 12.3. The van der Waals surface area contributed by atoms with E-state index in [1.165, 1.54) is 0 Å². The van der Waals surface area contributed by atoms with Gasteiger partial charge in [0.25, 0.3) is 0 Å². The van der Waals surface area contributed by atoms with Gasteiger partial charge in [0, 0.05) is 5.56 Å². The Bertz CT molecular complexity index is 881. The minimum atomic E-state index is -3.60. The van der Waals surface area contributed by atoms with Crippen molar-refractivity contribution in [1.82, 2.24) is 5.32 Å². The zero-order valence-electron chi connectivity index (χ0n) is 15.4. The van der Waals surface area contributed by atoms with Crippen LogP contribution in [0.3, 0.4) is 0 Å². The summed E-state index contributed by atoms with van der Waals surface area (Å²) in [4.78, 5) is 12.5. The van der Waals surface area contributed by atoms with E-state index in [0.717, 1.165) is 21.7 Å². The summed E-state index contributed by atoms with van der Waals surface area (Å²) in [6, 6.07) is 14.1. The first-order valence-electron chi connectivity index (χ1n) is 8.19. The maximum atomic E-state index is 12.5. The average Bonchev–Trinajstić information content (AvgIpc) is 2.59. The van der Waals surface area contributed by atoms with Crippen molar-refractivity contribution in [3.8, 4) is 5.75 Å². The Kier molecular flexibility index (Phi) is 6.26. The Morgan fingerprint density at radius 2 is 1.77 bits per heavy atom. The molecule has 0 spiro atoms. The zero-order chi connectivity index (χ0) is 19.3. The molecule has 2 aromatic carbocycles. The van der Waals surface area contributed by atoms with Crippen molar-refractivity contribution in [3.05, 3.63) is 59.7 Å². The molecule has 7 heteroatoms. The fourth-order valence-electron chi connectivity index (χ4n) is 2.74. The number of para-hydroxylation sites is 2. The van der Waals surface area contributed by atoms with Gasteiger partial charge in [-0.15, -0.1) is 0 Å². The summed E-state index contributed by atoms with van der Waals surface area (Å²) in [7, 11) is -2.03. The molecule has 0 saturated heterocycles. The monoisotopic (exact) mass is 376 g/mol. The van der Waals surface area contributed by atoms with E-state index in [0.29, 0.717) is 11.4 Å². The van der Waals surface area contributed by atoms with Gasteiger partial charge < -0.3 is 10.1 Å².